The van der Waals surface area contributed by atoms with Crippen molar-refractivity contribution >= 4 is 38.2 Å². The third kappa shape index (κ3) is 5.96. The molecule has 0 radical (unpaired) electrons. The summed E-state index contributed by atoms with van der Waals surface area (Å²) in [6, 6.07) is 70.0. The quantitative estimate of drug-likeness (QED) is 0.169. The molecule has 0 aromatic heterocycles. The fourth-order valence-corrected chi connectivity index (χ4v) is 8.40. The van der Waals surface area contributed by atoms with Crippen molar-refractivity contribution in [3.05, 3.63) is 216 Å². The van der Waals surface area contributed by atoms with Crippen LogP contribution in [0.1, 0.15) is 34.6 Å². The number of nitrogens with one attached hydrogen (secondary N) is 2. The van der Waals surface area contributed by atoms with Crippen molar-refractivity contribution in [1.29, 1.82) is 0 Å². The number of nitrogens with zero attached hydrogens (tertiary/aromatic N) is 1. The van der Waals surface area contributed by atoms with Gasteiger partial charge < -0.3 is 5.32 Å². The lowest BCUT2D eigenvalue weighted by Crippen LogP contribution is -2.45. The first-order chi connectivity index (χ1) is 27.2. The van der Waals surface area contributed by atoms with Gasteiger partial charge in [0.05, 0.1) is 0 Å². The summed E-state index contributed by atoms with van der Waals surface area (Å²) in [4.78, 5) is 5.33. The zero-order chi connectivity index (χ0) is 36.7. The number of amidine groups is 1. The monoisotopic (exact) mass is 705 g/mol. The first-order valence-electron chi connectivity index (χ1n) is 19.0. The zero-order valence-electron chi connectivity index (χ0n) is 30.6. The van der Waals surface area contributed by atoms with Gasteiger partial charge in [0.2, 0.25) is 0 Å². The number of hydrogen-bond donors (Lipinski definition) is 2. The van der Waals surface area contributed by atoms with Crippen molar-refractivity contribution in [2.24, 2.45) is 4.99 Å². The molecule has 2 N–H and O–H groups in total. The van der Waals surface area contributed by atoms with E-state index in [2.05, 4.69) is 212 Å². The number of aryl methyl sites for hydroxylation is 1. The van der Waals surface area contributed by atoms with Gasteiger partial charge in [0.25, 0.3) is 0 Å². The van der Waals surface area contributed by atoms with Gasteiger partial charge in [0.15, 0.2) is 0 Å². The SMILES string of the molecule is Cc1ccc2c3ccc(-c4ccccc4-c4ccccc4-c4ccccc4C4=NC(c5ccccc5)NC(c5ccccc5)N4)cc3c3ccccc3c2c1. The molecule has 0 saturated carbocycles. The fraction of sp³-hybridized carbons (Fsp3) is 0.0577. The second kappa shape index (κ2) is 13.9. The van der Waals surface area contributed by atoms with E-state index in [-0.39, 0.29) is 12.3 Å². The summed E-state index contributed by atoms with van der Waals surface area (Å²) >= 11 is 0. The largest absolute Gasteiger partial charge is 0.350 e. The minimum atomic E-state index is -0.211. The lowest BCUT2D eigenvalue weighted by Gasteiger charge is -2.32. The van der Waals surface area contributed by atoms with E-state index in [1.165, 1.54) is 60.1 Å². The van der Waals surface area contributed by atoms with Crippen molar-refractivity contribution in [3.63, 3.8) is 0 Å². The Kier molecular flexibility index (Phi) is 8.28. The Morgan fingerprint density at radius 3 is 1.47 bits per heavy atom. The highest BCUT2D eigenvalue weighted by atomic mass is 15.3. The number of aliphatic imine (C=N–C) groups is 1. The predicted octanol–water partition coefficient (Wildman–Crippen LogP) is 12.8. The van der Waals surface area contributed by atoms with Crippen LogP contribution in [0.3, 0.4) is 0 Å². The molecule has 9 aromatic rings. The molecule has 0 spiro atoms. The summed E-state index contributed by atoms with van der Waals surface area (Å²) in [5.41, 5.74) is 11.7. The first-order valence-corrected chi connectivity index (χ1v) is 19.0. The van der Waals surface area contributed by atoms with Gasteiger partial charge >= 0.3 is 0 Å². The van der Waals surface area contributed by atoms with Gasteiger partial charge in [-0.15, -0.1) is 0 Å². The number of hydrogen-bond acceptors (Lipinski definition) is 3. The molecule has 0 bridgehead atoms. The van der Waals surface area contributed by atoms with Crippen molar-refractivity contribution in [1.82, 2.24) is 10.6 Å². The van der Waals surface area contributed by atoms with E-state index >= 15 is 0 Å². The first kappa shape index (κ1) is 32.8. The molecule has 1 aliphatic heterocycles. The van der Waals surface area contributed by atoms with E-state index in [1.807, 2.05) is 0 Å². The summed E-state index contributed by atoms with van der Waals surface area (Å²) in [6.45, 7) is 2.17. The summed E-state index contributed by atoms with van der Waals surface area (Å²) in [5.74, 6) is 0.865. The highest BCUT2D eigenvalue weighted by Crippen LogP contribution is 2.42. The average Bonchev–Trinajstić information content (AvgIpc) is 3.27. The maximum absolute atomic E-state index is 5.33. The van der Waals surface area contributed by atoms with Gasteiger partial charge in [0, 0.05) is 5.56 Å². The molecule has 55 heavy (non-hydrogen) atoms. The molecule has 1 heterocycles. The molecule has 0 amide bonds. The van der Waals surface area contributed by atoms with Crippen LogP contribution in [-0.2, 0) is 0 Å². The lowest BCUT2D eigenvalue weighted by molar-refractivity contribution is 0.409. The Labute approximate surface area is 321 Å². The molecule has 3 nitrogen and oxygen atoms in total. The molecule has 10 rings (SSSR count). The summed E-state index contributed by atoms with van der Waals surface area (Å²) < 4.78 is 0. The third-order valence-electron chi connectivity index (χ3n) is 11.0. The maximum atomic E-state index is 5.33. The number of rotatable bonds is 6. The van der Waals surface area contributed by atoms with E-state index in [1.54, 1.807) is 0 Å². The minimum absolute atomic E-state index is 0.118. The molecule has 262 valence electrons. The second-order valence-corrected chi connectivity index (χ2v) is 14.4. The van der Waals surface area contributed by atoms with Gasteiger partial charge in [-0.05, 0) is 89.8 Å². The summed E-state index contributed by atoms with van der Waals surface area (Å²) in [7, 11) is 0. The number of benzene rings is 9. The average molecular weight is 706 g/mol. The fourth-order valence-electron chi connectivity index (χ4n) is 8.40. The van der Waals surface area contributed by atoms with E-state index in [4.69, 9.17) is 4.99 Å². The molecular formula is C52H39N3. The van der Waals surface area contributed by atoms with Crippen LogP contribution in [0.2, 0.25) is 0 Å². The van der Waals surface area contributed by atoms with E-state index in [9.17, 15) is 0 Å². The van der Waals surface area contributed by atoms with E-state index < -0.39 is 0 Å². The Balaban J connectivity index is 1.12. The van der Waals surface area contributed by atoms with Crippen molar-refractivity contribution in [2.75, 3.05) is 0 Å². The van der Waals surface area contributed by atoms with Crippen LogP contribution < -0.4 is 10.6 Å². The normalized spacial score (nSPS) is 15.5. The van der Waals surface area contributed by atoms with E-state index in [0.717, 1.165) is 33.7 Å². The van der Waals surface area contributed by atoms with Gasteiger partial charge in [-0.2, -0.15) is 0 Å². The Bertz CT molecular complexity index is 2870. The van der Waals surface area contributed by atoms with Gasteiger partial charge in [-0.1, -0.05) is 194 Å². The van der Waals surface area contributed by atoms with Gasteiger partial charge in [0.1, 0.15) is 18.2 Å². The molecule has 3 heteroatoms. The summed E-state index contributed by atoms with van der Waals surface area (Å²) in [5, 5.41) is 15.2. The van der Waals surface area contributed by atoms with Crippen molar-refractivity contribution in [3.8, 4) is 33.4 Å². The highest BCUT2D eigenvalue weighted by molar-refractivity contribution is 6.26. The molecule has 9 aromatic carbocycles. The maximum Gasteiger partial charge on any atom is 0.132 e. The summed E-state index contributed by atoms with van der Waals surface area (Å²) in [6.07, 6.45) is -0.329. The van der Waals surface area contributed by atoms with Crippen LogP contribution in [0.15, 0.2) is 199 Å². The van der Waals surface area contributed by atoms with Crippen LogP contribution in [0, 0.1) is 6.92 Å². The minimum Gasteiger partial charge on any atom is -0.350 e. The van der Waals surface area contributed by atoms with Gasteiger partial charge in [-0.3, -0.25) is 5.32 Å². The van der Waals surface area contributed by atoms with Crippen molar-refractivity contribution in [2.45, 2.75) is 19.3 Å². The van der Waals surface area contributed by atoms with Crippen molar-refractivity contribution < 1.29 is 0 Å². The zero-order valence-corrected chi connectivity index (χ0v) is 30.6. The molecule has 0 aliphatic carbocycles. The topological polar surface area (TPSA) is 36.4 Å². The molecule has 2 unspecified atom stereocenters. The highest BCUT2D eigenvalue weighted by Gasteiger charge is 2.27. The molecule has 0 fully saturated rings. The van der Waals surface area contributed by atoms with Gasteiger partial charge in [-0.25, -0.2) is 4.99 Å². The molecular weight excluding hydrogens is 667 g/mol. The predicted molar refractivity (Wildman–Crippen MR) is 231 cm³/mol. The third-order valence-corrected chi connectivity index (χ3v) is 11.0. The Morgan fingerprint density at radius 1 is 0.382 bits per heavy atom. The second-order valence-electron chi connectivity index (χ2n) is 14.4. The van der Waals surface area contributed by atoms with Crippen LogP contribution in [0.25, 0.3) is 65.7 Å². The lowest BCUT2D eigenvalue weighted by atomic mass is 9.86. The molecule has 1 aliphatic rings. The van der Waals surface area contributed by atoms with Crippen LogP contribution in [-0.4, -0.2) is 5.84 Å². The molecule has 0 saturated heterocycles. The smallest absolute Gasteiger partial charge is 0.132 e. The van der Waals surface area contributed by atoms with Crippen LogP contribution >= 0.6 is 0 Å². The standard InChI is InChI=1S/C52H39N3/c1-34-28-30-45-46-31-29-37(33-49(46)44-26-13-12-25-43(44)48(45)32-34)38-20-8-9-21-39(38)40-22-10-11-23-41(40)42-24-14-15-27-47(42)52-54-50(35-16-4-2-5-17-35)53-51(55-52)36-18-6-3-7-19-36/h2-33,50-51,53H,1H3,(H,54,55). The van der Waals surface area contributed by atoms with E-state index in [0.29, 0.717) is 0 Å². The Morgan fingerprint density at radius 2 is 0.836 bits per heavy atom. The number of fused-ring (bicyclic) bond motifs is 6. The Hall–Kier alpha value is -6.81. The van der Waals surface area contributed by atoms with Crippen LogP contribution in [0.4, 0.5) is 0 Å². The van der Waals surface area contributed by atoms with Crippen LogP contribution in [0.5, 0.6) is 0 Å². The molecule has 2 atom stereocenters.